The van der Waals surface area contributed by atoms with Crippen molar-refractivity contribution in [2.45, 2.75) is 25.9 Å². The number of aromatic nitrogens is 5. The minimum atomic E-state index is -0.784. The lowest BCUT2D eigenvalue weighted by atomic mass is 9.96. The Morgan fingerprint density at radius 1 is 1.19 bits per heavy atom. The van der Waals surface area contributed by atoms with Gasteiger partial charge in [0.15, 0.2) is 0 Å². The van der Waals surface area contributed by atoms with E-state index in [0.29, 0.717) is 29.2 Å². The van der Waals surface area contributed by atoms with Crippen molar-refractivity contribution in [1.82, 2.24) is 29.4 Å². The molecule has 1 aliphatic rings. The molecule has 0 saturated carbocycles. The van der Waals surface area contributed by atoms with Gasteiger partial charge in [-0.15, -0.1) is 11.3 Å². The van der Waals surface area contributed by atoms with Crippen molar-refractivity contribution in [2.24, 2.45) is 7.05 Å². The number of pyridine rings is 1. The summed E-state index contributed by atoms with van der Waals surface area (Å²) < 4.78 is 45.8. The highest BCUT2D eigenvalue weighted by molar-refractivity contribution is 7.18. The van der Waals surface area contributed by atoms with Crippen LogP contribution in [0.5, 0.6) is 5.75 Å². The molecule has 1 amide bonds. The van der Waals surface area contributed by atoms with Crippen LogP contribution >= 0.6 is 11.3 Å². The number of fused-ring (bicyclic) bond motifs is 2. The van der Waals surface area contributed by atoms with Crippen LogP contribution in [0, 0.1) is 11.6 Å². The molecule has 2 atom stereocenters. The Hall–Kier alpha value is -4.42. The summed E-state index contributed by atoms with van der Waals surface area (Å²) in [5.74, 6) is -1.68. The van der Waals surface area contributed by atoms with Crippen LogP contribution < -0.4 is 4.74 Å². The maximum Gasteiger partial charge on any atom is 0.246 e. The number of amides is 1. The van der Waals surface area contributed by atoms with Crippen LogP contribution in [0.4, 0.5) is 8.78 Å². The monoisotopic (exact) mass is 604 g/mol. The van der Waals surface area contributed by atoms with Crippen LogP contribution in [-0.4, -0.2) is 62.2 Å². The molecule has 222 valence electrons. The predicted octanol–water partition coefficient (Wildman–Crippen LogP) is 6.18. The van der Waals surface area contributed by atoms with Gasteiger partial charge in [0, 0.05) is 60.2 Å². The van der Waals surface area contributed by atoms with Crippen LogP contribution in [0.25, 0.3) is 43.9 Å². The van der Waals surface area contributed by atoms with E-state index in [1.54, 1.807) is 15.8 Å². The Labute approximate surface area is 251 Å². The molecule has 0 bridgehead atoms. The number of halogens is 2. The molecule has 1 aliphatic heterocycles. The van der Waals surface area contributed by atoms with Gasteiger partial charge in [-0.2, -0.15) is 10.2 Å². The number of hydrogen-bond donors (Lipinski definition) is 0. The maximum atomic E-state index is 15.9. The molecule has 0 N–H and O–H groups in total. The topological polar surface area (TPSA) is 87.3 Å². The van der Waals surface area contributed by atoms with E-state index in [-0.39, 0.29) is 42.5 Å². The molecular weight excluding hydrogens is 574 g/mol. The maximum absolute atomic E-state index is 15.9. The highest BCUT2D eigenvalue weighted by Gasteiger charge is 2.34. The minimum absolute atomic E-state index is 0.0369. The largest absolute Gasteiger partial charge is 0.490 e. The average Bonchev–Trinajstić information content (AvgIpc) is 3.74. The first-order chi connectivity index (χ1) is 20.7. The lowest BCUT2D eigenvalue weighted by Crippen LogP contribution is -2.42. The molecule has 0 saturated heterocycles. The Bertz CT molecular complexity index is 1860. The molecular formula is C31H30F2N6O3S. The van der Waals surface area contributed by atoms with Crippen molar-refractivity contribution < 1.29 is 23.0 Å². The molecule has 9 nitrogen and oxygen atoms in total. The van der Waals surface area contributed by atoms with Gasteiger partial charge in [0.25, 0.3) is 0 Å². The van der Waals surface area contributed by atoms with Gasteiger partial charge in [-0.25, -0.2) is 13.8 Å². The van der Waals surface area contributed by atoms with Crippen molar-refractivity contribution in [1.29, 1.82) is 0 Å². The zero-order chi connectivity index (χ0) is 30.4. The summed E-state index contributed by atoms with van der Waals surface area (Å²) >= 11 is 1.42. The molecule has 5 heterocycles. The van der Waals surface area contributed by atoms with E-state index in [1.807, 2.05) is 49.3 Å². The number of aryl methyl sites for hydroxylation is 1. The van der Waals surface area contributed by atoms with E-state index < -0.39 is 11.6 Å². The van der Waals surface area contributed by atoms with E-state index in [9.17, 15) is 9.18 Å². The van der Waals surface area contributed by atoms with E-state index in [1.165, 1.54) is 30.6 Å². The van der Waals surface area contributed by atoms with Crippen LogP contribution in [-0.2, 0) is 16.6 Å². The van der Waals surface area contributed by atoms with E-state index in [0.717, 1.165) is 27.4 Å². The van der Waals surface area contributed by atoms with Gasteiger partial charge in [-0.1, -0.05) is 6.58 Å². The second-order valence-corrected chi connectivity index (χ2v) is 11.4. The van der Waals surface area contributed by atoms with Gasteiger partial charge in [0.1, 0.15) is 35.4 Å². The predicted molar refractivity (Wildman–Crippen MR) is 161 cm³/mol. The van der Waals surface area contributed by atoms with Crippen molar-refractivity contribution in [2.75, 3.05) is 26.9 Å². The van der Waals surface area contributed by atoms with E-state index in [4.69, 9.17) is 19.6 Å². The molecule has 5 aromatic rings. The number of rotatable bonds is 8. The number of benzene rings is 1. The van der Waals surface area contributed by atoms with Crippen molar-refractivity contribution in [3.8, 4) is 39.5 Å². The van der Waals surface area contributed by atoms with Crippen molar-refractivity contribution in [3.05, 3.63) is 72.0 Å². The number of hydrogen-bond acceptors (Lipinski definition) is 7. The summed E-state index contributed by atoms with van der Waals surface area (Å²) in [6.45, 7) is 8.35. The highest BCUT2D eigenvalue weighted by Crippen LogP contribution is 2.47. The van der Waals surface area contributed by atoms with Gasteiger partial charge in [-0.3, -0.25) is 14.2 Å². The summed E-state index contributed by atoms with van der Waals surface area (Å²) in [6, 6.07) is 5.41. The Balaban J connectivity index is 1.64. The fourth-order valence-corrected chi connectivity index (χ4v) is 6.56. The average molecular weight is 605 g/mol. The second kappa shape index (κ2) is 11.3. The Morgan fingerprint density at radius 3 is 2.72 bits per heavy atom. The lowest BCUT2D eigenvalue weighted by molar-refractivity contribution is -0.129. The number of nitrogens with zero attached hydrogens (tertiary/aromatic N) is 6. The summed E-state index contributed by atoms with van der Waals surface area (Å²) in [5.41, 5.74) is 3.66. The lowest BCUT2D eigenvalue weighted by Gasteiger charge is -2.36. The number of ether oxygens (including phenoxy) is 2. The normalized spacial score (nSPS) is 16.5. The van der Waals surface area contributed by atoms with Gasteiger partial charge >= 0.3 is 0 Å². The Morgan fingerprint density at radius 2 is 2.00 bits per heavy atom. The molecule has 0 unspecified atom stereocenters. The zero-order valence-corrected chi connectivity index (χ0v) is 25.0. The van der Waals surface area contributed by atoms with E-state index in [2.05, 4.69) is 11.7 Å². The van der Waals surface area contributed by atoms with Crippen LogP contribution in [0.3, 0.4) is 0 Å². The number of thiophene rings is 1. The number of methoxy groups -OCH3 is 1. The molecule has 43 heavy (non-hydrogen) atoms. The number of carbonyl (C=O) groups excluding carboxylic acids is 1. The summed E-state index contributed by atoms with van der Waals surface area (Å²) in [4.78, 5) is 19.5. The molecule has 1 aromatic carbocycles. The molecule has 0 spiro atoms. The van der Waals surface area contributed by atoms with Crippen LogP contribution in [0.2, 0.25) is 0 Å². The van der Waals surface area contributed by atoms with Crippen molar-refractivity contribution in [3.63, 3.8) is 0 Å². The SMILES string of the molecule is C=CC(=O)N1C[C@H](C)n2nc(-c3nc(-c4cnn(C)c4)c4ccsc4c3-c3c(F)cc(F)cc3OCCOC)cc2[C@@H]1C. The number of carbonyl (C=O) groups is 1. The van der Waals surface area contributed by atoms with Crippen LogP contribution in [0.15, 0.2) is 54.7 Å². The smallest absolute Gasteiger partial charge is 0.246 e. The Kier molecular flexibility index (Phi) is 7.57. The molecule has 0 fully saturated rings. The summed E-state index contributed by atoms with van der Waals surface area (Å²) in [5, 5.41) is 12.0. The highest BCUT2D eigenvalue weighted by atomic mass is 32.1. The quantitative estimate of drug-likeness (QED) is 0.155. The molecule has 0 radical (unpaired) electrons. The third-order valence-electron chi connectivity index (χ3n) is 7.64. The first-order valence-electron chi connectivity index (χ1n) is 13.8. The molecule has 12 heteroatoms. The van der Waals surface area contributed by atoms with Crippen molar-refractivity contribution >= 4 is 27.3 Å². The molecule has 4 aromatic heterocycles. The zero-order valence-electron chi connectivity index (χ0n) is 24.2. The third kappa shape index (κ3) is 5.00. The second-order valence-electron chi connectivity index (χ2n) is 10.5. The van der Waals surface area contributed by atoms with E-state index >= 15 is 4.39 Å². The van der Waals surface area contributed by atoms with Gasteiger partial charge in [0.2, 0.25) is 5.91 Å². The first kappa shape index (κ1) is 28.7. The summed E-state index contributed by atoms with van der Waals surface area (Å²) in [6.07, 6.45) is 4.90. The van der Waals surface area contributed by atoms with Crippen LogP contribution in [0.1, 0.15) is 31.6 Å². The summed E-state index contributed by atoms with van der Waals surface area (Å²) in [7, 11) is 3.35. The standard InChI is InChI=1S/C31H30F2N6O3S/c1-6-26(40)38-15-17(2)39-24(18(38)3)13-23(36-39)30-28(27-22(33)11-20(32)12-25(27)42-9-8-41-5)31-21(7-10-43-31)29(35-30)19-14-34-37(4)16-19/h6-7,10-14,16-18H,1,8-9,15H2,2-5H3/t17-,18-/m0/s1. The fraction of sp³-hybridized carbons (Fsp3) is 0.290. The van der Waals surface area contributed by atoms with Gasteiger partial charge in [-0.05, 0) is 37.4 Å². The molecule has 0 aliphatic carbocycles. The third-order valence-corrected chi connectivity index (χ3v) is 8.57. The minimum Gasteiger partial charge on any atom is -0.490 e. The molecule has 6 rings (SSSR count). The fourth-order valence-electron chi connectivity index (χ4n) is 5.61. The first-order valence-corrected chi connectivity index (χ1v) is 14.6. The van der Waals surface area contributed by atoms with Gasteiger partial charge in [0.05, 0.1) is 41.8 Å². The van der Waals surface area contributed by atoms with Gasteiger partial charge < -0.3 is 14.4 Å².